The van der Waals surface area contributed by atoms with Crippen LogP contribution >= 0.6 is 0 Å². The zero-order chi connectivity index (χ0) is 46.6. The first-order valence-corrected chi connectivity index (χ1v) is 28.0. The van der Waals surface area contributed by atoms with Crippen LogP contribution in [-0.2, 0) is 18.3 Å². The summed E-state index contributed by atoms with van der Waals surface area (Å²) in [5.41, 5.74) is 19.1. The number of nitrogens with zero attached hydrogens (tertiary/aromatic N) is 4. The van der Waals surface area contributed by atoms with Gasteiger partial charge in [-0.2, -0.15) is 13.7 Å². The predicted octanol–water partition coefficient (Wildman–Crippen LogP) is 14.4. The van der Waals surface area contributed by atoms with E-state index in [4.69, 9.17) is 16.0 Å². The highest BCUT2D eigenvalue weighted by atomic mass is 28.3. The number of benzene rings is 5. The number of hydrogen-bond acceptors (Lipinski definition) is 2. The van der Waals surface area contributed by atoms with Gasteiger partial charge in [-0.3, -0.25) is 0 Å². The summed E-state index contributed by atoms with van der Waals surface area (Å²) in [4.78, 5) is 5.24. The van der Waals surface area contributed by atoms with E-state index in [1.165, 1.54) is 55.9 Å². The average molecular weight is 889 g/mol. The second-order valence-electron chi connectivity index (χ2n) is 22.4. The molecule has 0 radical (unpaired) electrons. The number of aromatic nitrogens is 4. The Kier molecular flexibility index (Phi) is 10.8. The molecule has 2 unspecified atom stereocenters. The summed E-state index contributed by atoms with van der Waals surface area (Å²) in [6.45, 7) is 33.6. The van der Waals surface area contributed by atoms with E-state index in [1.807, 2.05) is 0 Å². The smallest absolute Gasteiger partial charge is 0.304 e. The molecule has 0 aliphatic carbocycles. The Morgan fingerprint density at radius 3 is 2.14 bits per heavy atom. The molecule has 6 heteroatoms. The number of imidazole rings is 1. The first-order chi connectivity index (χ1) is 31.4. The molecule has 0 bridgehead atoms. The van der Waals surface area contributed by atoms with Crippen molar-refractivity contribution in [2.24, 2.45) is 5.92 Å². The molecule has 2 aliphatic heterocycles. The molecule has 0 saturated carbocycles. The van der Waals surface area contributed by atoms with Crippen molar-refractivity contribution in [3.63, 3.8) is 0 Å². The van der Waals surface area contributed by atoms with Crippen LogP contribution in [-0.4, -0.2) is 17.6 Å². The molecule has 2 aliphatic rings. The molecule has 8 aromatic rings. The first kappa shape index (κ1) is 44.0. The van der Waals surface area contributed by atoms with Gasteiger partial charge in [0.1, 0.15) is 16.8 Å². The standard InChI is InChI=1S/C60H68N4OSi/c1-36(2)31-43-34-52-45-24-18-17-23-44(45)46-29-27-41-28-30-49-57(65-59(61-49)60(8,9)10)54(41)58-63(39(7)55(46)62(52)35-53(43)66(11,12)13)50-25-19-20-26-51(50)64(58)56-47(37(3)4)32-42(33-48(56)38(5)6)40-21-15-14-16-22-40/h14-26,28,30,32-38,46,55H,7,27,29,31H2,1-6,8-13H3/q+2. The zero-order valence-electron chi connectivity index (χ0n) is 41.4. The fourth-order valence-electron chi connectivity index (χ4n) is 11.2. The Labute approximate surface area is 393 Å². The highest BCUT2D eigenvalue weighted by molar-refractivity contribution is 6.89. The van der Waals surface area contributed by atoms with E-state index in [-0.39, 0.29) is 29.2 Å². The summed E-state index contributed by atoms with van der Waals surface area (Å²) in [5, 5.41) is 1.54. The summed E-state index contributed by atoms with van der Waals surface area (Å²) in [6.07, 6.45) is 5.47. The van der Waals surface area contributed by atoms with Crippen molar-refractivity contribution in [1.82, 2.24) is 9.55 Å². The second kappa shape index (κ2) is 16.2. The molecule has 336 valence electrons. The minimum Gasteiger partial charge on any atom is -0.439 e. The molecule has 0 amide bonds. The first-order valence-electron chi connectivity index (χ1n) is 24.5. The number of rotatable bonds is 7. The quantitative estimate of drug-likeness (QED) is 0.118. The van der Waals surface area contributed by atoms with Gasteiger partial charge in [0.05, 0.1) is 14.0 Å². The molecular weight excluding hydrogens is 821 g/mol. The van der Waals surface area contributed by atoms with E-state index in [0.717, 1.165) is 64.4 Å². The molecule has 66 heavy (non-hydrogen) atoms. The Balaban J connectivity index is 1.37. The number of aryl methyl sites for hydroxylation is 1. The van der Waals surface area contributed by atoms with Crippen molar-refractivity contribution >= 4 is 41.1 Å². The van der Waals surface area contributed by atoms with Crippen LogP contribution in [0, 0.1) is 5.92 Å². The molecule has 2 atom stereocenters. The summed E-state index contributed by atoms with van der Waals surface area (Å²) in [7, 11) is -1.80. The fraction of sp³-hybridized carbons (Fsp3) is 0.350. The largest absolute Gasteiger partial charge is 0.439 e. The summed E-state index contributed by atoms with van der Waals surface area (Å²) in [6, 6.07) is 41.2. The number of pyridine rings is 1. The van der Waals surface area contributed by atoms with Crippen molar-refractivity contribution in [2.45, 2.75) is 130 Å². The van der Waals surface area contributed by atoms with E-state index in [9.17, 15) is 0 Å². The van der Waals surface area contributed by atoms with Crippen LogP contribution in [0.5, 0.6) is 0 Å². The monoisotopic (exact) mass is 889 g/mol. The Hall–Kier alpha value is -5.85. The van der Waals surface area contributed by atoms with Crippen molar-refractivity contribution in [1.29, 1.82) is 0 Å². The maximum atomic E-state index is 7.14. The van der Waals surface area contributed by atoms with Crippen molar-refractivity contribution in [3.05, 3.63) is 156 Å². The number of para-hydroxylation sites is 2. The minimum absolute atomic E-state index is 0.0552. The van der Waals surface area contributed by atoms with E-state index in [0.29, 0.717) is 5.92 Å². The molecule has 5 nitrogen and oxygen atoms in total. The van der Waals surface area contributed by atoms with Gasteiger partial charge in [0.15, 0.2) is 28.5 Å². The fourth-order valence-corrected chi connectivity index (χ4v) is 12.9. The van der Waals surface area contributed by atoms with Gasteiger partial charge in [0.25, 0.3) is 0 Å². The van der Waals surface area contributed by atoms with Crippen LogP contribution in [0.1, 0.15) is 126 Å². The topological polar surface area (TPSA) is 38.7 Å². The molecule has 5 aromatic carbocycles. The van der Waals surface area contributed by atoms with Crippen molar-refractivity contribution < 1.29 is 13.6 Å². The van der Waals surface area contributed by atoms with E-state index in [1.54, 1.807) is 5.19 Å². The van der Waals surface area contributed by atoms with Gasteiger partial charge in [-0.1, -0.05) is 149 Å². The Morgan fingerprint density at radius 2 is 1.47 bits per heavy atom. The molecule has 0 N–H and O–H groups in total. The molecule has 5 heterocycles. The highest BCUT2D eigenvalue weighted by Gasteiger charge is 2.49. The maximum absolute atomic E-state index is 7.14. The third-order valence-corrected chi connectivity index (χ3v) is 16.4. The lowest BCUT2D eigenvalue weighted by atomic mass is 9.78. The number of fused-ring (bicyclic) bond motifs is 13. The summed E-state index contributed by atoms with van der Waals surface area (Å²) < 4.78 is 15.0. The number of hydrogen-bond donors (Lipinski definition) is 0. The lowest BCUT2D eigenvalue weighted by Crippen LogP contribution is -2.54. The SMILES string of the molecule is C=C1C2C(CCc3ccc4nc(C(C)(C)C)oc4c3-c3n1c1ccccc1[n+]3-c1c(C(C)C)cc(-c3ccccc3)cc1C(C)C)c1ccccc1-c1cc(CC(C)C)c([Si](C)(C)C)c[n+]12. The Bertz CT molecular complexity index is 3180. The summed E-state index contributed by atoms with van der Waals surface area (Å²) in [5.74, 6) is 3.02. The van der Waals surface area contributed by atoms with Gasteiger partial charge in [-0.25, -0.2) is 4.98 Å². The third kappa shape index (κ3) is 7.22. The highest BCUT2D eigenvalue weighted by Crippen LogP contribution is 2.49. The normalized spacial score (nSPS) is 16.3. The van der Waals surface area contributed by atoms with Crippen LogP contribution in [0.3, 0.4) is 0 Å². The number of allylic oxidation sites excluding steroid dienone is 1. The average Bonchev–Trinajstić information content (AvgIpc) is 3.88. The second-order valence-corrected chi connectivity index (χ2v) is 27.4. The lowest BCUT2D eigenvalue weighted by molar-refractivity contribution is -0.704. The zero-order valence-corrected chi connectivity index (χ0v) is 42.4. The third-order valence-electron chi connectivity index (χ3n) is 14.3. The van der Waals surface area contributed by atoms with Crippen molar-refractivity contribution in [3.8, 4) is 39.5 Å². The van der Waals surface area contributed by atoms with E-state index in [2.05, 4.69) is 211 Å². The summed E-state index contributed by atoms with van der Waals surface area (Å²) >= 11 is 0. The van der Waals surface area contributed by atoms with Gasteiger partial charge in [-0.15, -0.1) is 0 Å². The molecule has 0 fully saturated rings. The molecule has 0 saturated heterocycles. The van der Waals surface area contributed by atoms with Gasteiger partial charge in [0, 0.05) is 33.4 Å². The van der Waals surface area contributed by atoms with Crippen molar-refractivity contribution in [2.75, 3.05) is 0 Å². The van der Waals surface area contributed by atoms with Crippen LogP contribution < -0.4 is 14.3 Å². The maximum Gasteiger partial charge on any atom is 0.304 e. The van der Waals surface area contributed by atoms with Crippen LogP contribution in [0.15, 0.2) is 126 Å². The van der Waals surface area contributed by atoms with E-state index >= 15 is 0 Å². The minimum atomic E-state index is -1.80. The van der Waals surface area contributed by atoms with Gasteiger partial charge >= 0.3 is 5.82 Å². The predicted molar refractivity (Wildman–Crippen MR) is 278 cm³/mol. The lowest BCUT2D eigenvalue weighted by Gasteiger charge is -2.32. The Morgan fingerprint density at radius 1 is 0.803 bits per heavy atom. The van der Waals surface area contributed by atoms with Crippen LogP contribution in [0.25, 0.3) is 67.3 Å². The van der Waals surface area contributed by atoms with Gasteiger partial charge in [-0.05, 0) is 108 Å². The van der Waals surface area contributed by atoms with E-state index < -0.39 is 8.07 Å². The number of oxazole rings is 1. The van der Waals surface area contributed by atoms with Crippen LogP contribution in [0.2, 0.25) is 19.6 Å². The van der Waals surface area contributed by atoms with Crippen LogP contribution in [0.4, 0.5) is 0 Å². The molecular formula is C60H68N4OSi+2. The molecule has 10 rings (SSSR count). The molecule has 3 aromatic heterocycles. The van der Waals surface area contributed by atoms with Gasteiger partial charge in [0.2, 0.25) is 17.6 Å². The van der Waals surface area contributed by atoms with Gasteiger partial charge < -0.3 is 4.42 Å². The molecule has 0 spiro atoms.